The highest BCUT2D eigenvalue weighted by Crippen LogP contribution is 1.87. The van der Waals surface area contributed by atoms with Crippen LogP contribution in [0.15, 0.2) is 0 Å². The summed E-state index contributed by atoms with van der Waals surface area (Å²) in [6.07, 6.45) is 0.962. The summed E-state index contributed by atoms with van der Waals surface area (Å²) in [5.74, 6) is -0.276. The molecule has 0 aromatic heterocycles. The Morgan fingerprint density at radius 1 is 1.67 bits per heavy atom. The van der Waals surface area contributed by atoms with Crippen molar-refractivity contribution in [1.82, 2.24) is 5.32 Å². The van der Waals surface area contributed by atoms with Crippen LogP contribution in [0.5, 0.6) is 0 Å². The third kappa shape index (κ3) is 8.03. The maximum Gasteiger partial charge on any atom is 0.325 e. The van der Waals surface area contributed by atoms with Crippen molar-refractivity contribution in [1.29, 1.82) is 0 Å². The number of nitrogens with one attached hydrogen (secondary N) is 1. The normalized spacial score (nSPS) is 9.42. The minimum atomic E-state index is -0.276. The van der Waals surface area contributed by atoms with Gasteiger partial charge in [-0.1, -0.05) is 18.3 Å². The van der Waals surface area contributed by atoms with Gasteiger partial charge in [0.15, 0.2) is 0 Å². The van der Waals surface area contributed by atoms with Crippen LogP contribution < -0.4 is 5.32 Å². The van der Waals surface area contributed by atoms with Crippen molar-refractivity contribution >= 4 is 45.4 Å². The standard InChI is InChI=1S/C6H13NO2S2Si/c8-5(4-7-6(10)11)9-2-1-3-12/h1-4H2,12H3,(H2,7,10,11). The zero-order chi connectivity index (χ0) is 9.40. The summed E-state index contributed by atoms with van der Waals surface area (Å²) in [7, 11) is 1.16. The summed E-state index contributed by atoms with van der Waals surface area (Å²) in [4.78, 5) is 10.9. The van der Waals surface area contributed by atoms with E-state index in [1.165, 1.54) is 0 Å². The van der Waals surface area contributed by atoms with Crippen LogP contribution in [0.2, 0.25) is 6.04 Å². The summed E-state index contributed by atoms with van der Waals surface area (Å²) >= 11 is 8.40. The van der Waals surface area contributed by atoms with E-state index in [1.54, 1.807) is 0 Å². The maximum atomic E-state index is 10.9. The molecule has 12 heavy (non-hydrogen) atoms. The van der Waals surface area contributed by atoms with Gasteiger partial charge in [-0.3, -0.25) is 4.79 Å². The molecule has 0 aromatic carbocycles. The first kappa shape index (κ1) is 11.9. The molecule has 0 unspecified atom stereocenters. The number of thiol groups is 1. The van der Waals surface area contributed by atoms with E-state index in [0.717, 1.165) is 22.7 Å². The Morgan fingerprint density at radius 2 is 2.33 bits per heavy atom. The van der Waals surface area contributed by atoms with Gasteiger partial charge in [-0.2, -0.15) is 0 Å². The number of rotatable bonds is 5. The topological polar surface area (TPSA) is 38.3 Å². The summed E-state index contributed by atoms with van der Waals surface area (Å²) in [5, 5.41) is 2.60. The molecule has 70 valence electrons. The molecule has 0 aliphatic rings. The fourth-order valence-electron chi connectivity index (χ4n) is 0.529. The number of hydrogen-bond donors (Lipinski definition) is 2. The van der Waals surface area contributed by atoms with Crippen LogP contribution in [-0.4, -0.2) is 33.7 Å². The molecule has 3 nitrogen and oxygen atoms in total. The molecule has 0 aliphatic heterocycles. The van der Waals surface area contributed by atoms with Crippen molar-refractivity contribution in [3.63, 3.8) is 0 Å². The van der Waals surface area contributed by atoms with Crippen LogP contribution >= 0.6 is 24.8 Å². The first-order chi connectivity index (χ1) is 5.66. The first-order valence-electron chi connectivity index (χ1n) is 3.79. The molecular formula is C6H13NO2S2Si. The molecule has 6 heteroatoms. The molecule has 0 saturated carbocycles. The van der Waals surface area contributed by atoms with Crippen LogP contribution in [0, 0.1) is 0 Å². The lowest BCUT2D eigenvalue weighted by atomic mass is 10.5. The van der Waals surface area contributed by atoms with Crippen molar-refractivity contribution < 1.29 is 9.53 Å². The molecule has 0 aromatic rings. The molecule has 0 bridgehead atoms. The second-order valence-corrected chi connectivity index (χ2v) is 4.39. The second kappa shape index (κ2) is 7.57. The van der Waals surface area contributed by atoms with E-state index in [2.05, 4.69) is 30.2 Å². The van der Waals surface area contributed by atoms with E-state index in [1.807, 2.05) is 0 Å². The highest BCUT2D eigenvalue weighted by atomic mass is 32.1. The molecular weight excluding hydrogens is 210 g/mol. The minimum Gasteiger partial charge on any atom is -0.464 e. The lowest BCUT2D eigenvalue weighted by molar-refractivity contribution is -0.142. The van der Waals surface area contributed by atoms with Gasteiger partial charge in [0.25, 0.3) is 0 Å². The van der Waals surface area contributed by atoms with Gasteiger partial charge in [0, 0.05) is 10.2 Å². The molecule has 0 rings (SSSR count). The quantitative estimate of drug-likeness (QED) is 0.217. The van der Waals surface area contributed by atoms with Crippen LogP contribution in [0.1, 0.15) is 6.42 Å². The zero-order valence-electron chi connectivity index (χ0n) is 7.00. The summed E-state index contributed by atoms with van der Waals surface area (Å²) in [5.41, 5.74) is 0. The fraction of sp³-hybridized carbons (Fsp3) is 0.667. The molecule has 0 heterocycles. The third-order valence-electron chi connectivity index (χ3n) is 1.14. The van der Waals surface area contributed by atoms with Crippen LogP contribution in [0.4, 0.5) is 0 Å². The first-order valence-corrected chi connectivity index (χ1v) is 6.06. The number of ether oxygens (including phenoxy) is 1. The Morgan fingerprint density at radius 3 is 2.83 bits per heavy atom. The number of thiocarbonyl (C=S) groups is 1. The van der Waals surface area contributed by atoms with Crippen molar-refractivity contribution in [3.8, 4) is 0 Å². The van der Waals surface area contributed by atoms with Gasteiger partial charge in [-0.25, -0.2) is 0 Å². The number of carbonyl (C=O) groups is 1. The lowest BCUT2D eigenvalue weighted by Crippen LogP contribution is -2.26. The van der Waals surface area contributed by atoms with E-state index < -0.39 is 0 Å². The Kier molecular flexibility index (Phi) is 7.52. The predicted octanol–water partition coefficient (Wildman–Crippen LogP) is -0.492. The molecule has 0 spiro atoms. The average Bonchev–Trinajstić information content (AvgIpc) is 2.01. The van der Waals surface area contributed by atoms with E-state index >= 15 is 0 Å². The monoisotopic (exact) mass is 223 g/mol. The summed E-state index contributed by atoms with van der Waals surface area (Å²) in [6, 6.07) is 1.16. The van der Waals surface area contributed by atoms with Crippen LogP contribution in [-0.2, 0) is 9.53 Å². The SMILES string of the molecule is O=C(CNC(=S)S)OCCC[SiH3]. The highest BCUT2D eigenvalue weighted by molar-refractivity contribution is 8.11. The van der Waals surface area contributed by atoms with Crippen molar-refractivity contribution in [2.75, 3.05) is 13.2 Å². The van der Waals surface area contributed by atoms with Gasteiger partial charge in [-0.15, -0.1) is 12.6 Å². The smallest absolute Gasteiger partial charge is 0.325 e. The van der Waals surface area contributed by atoms with Crippen LogP contribution in [0.3, 0.4) is 0 Å². The second-order valence-electron chi connectivity index (χ2n) is 2.23. The Balaban J connectivity index is 3.28. The predicted molar refractivity (Wildman–Crippen MR) is 59.9 cm³/mol. The fourth-order valence-corrected chi connectivity index (χ4v) is 0.969. The Labute approximate surface area is 86.1 Å². The van der Waals surface area contributed by atoms with Gasteiger partial charge in [0.1, 0.15) is 10.9 Å². The number of esters is 1. The maximum absolute atomic E-state index is 10.9. The van der Waals surface area contributed by atoms with Gasteiger partial charge in [0.05, 0.1) is 6.61 Å². The molecule has 0 atom stereocenters. The molecule has 0 aliphatic carbocycles. The average molecular weight is 223 g/mol. The summed E-state index contributed by atoms with van der Waals surface area (Å²) < 4.78 is 5.17. The molecule has 0 amide bonds. The van der Waals surface area contributed by atoms with Crippen molar-refractivity contribution in [2.45, 2.75) is 12.5 Å². The van der Waals surface area contributed by atoms with Gasteiger partial charge >= 0.3 is 5.97 Å². The van der Waals surface area contributed by atoms with E-state index in [-0.39, 0.29) is 12.5 Å². The Bertz CT molecular complexity index is 166. The molecule has 1 N–H and O–H groups in total. The minimum absolute atomic E-state index is 0.115. The van der Waals surface area contributed by atoms with Gasteiger partial charge in [0.2, 0.25) is 0 Å². The number of hydrogen-bond acceptors (Lipinski definition) is 3. The van der Waals surface area contributed by atoms with Crippen molar-refractivity contribution in [2.24, 2.45) is 0 Å². The lowest BCUT2D eigenvalue weighted by Gasteiger charge is -2.04. The van der Waals surface area contributed by atoms with Gasteiger partial charge < -0.3 is 10.1 Å². The Hall–Kier alpha value is -0.0731. The highest BCUT2D eigenvalue weighted by Gasteiger charge is 2.00. The van der Waals surface area contributed by atoms with E-state index in [9.17, 15) is 4.79 Å². The molecule has 0 fully saturated rings. The third-order valence-corrected chi connectivity index (χ3v) is 2.15. The zero-order valence-corrected chi connectivity index (χ0v) is 10.7. The summed E-state index contributed by atoms with van der Waals surface area (Å²) in [6.45, 7) is 0.632. The van der Waals surface area contributed by atoms with Gasteiger partial charge in [-0.05, 0) is 6.42 Å². The van der Waals surface area contributed by atoms with Crippen LogP contribution in [0.25, 0.3) is 0 Å². The van der Waals surface area contributed by atoms with Crippen molar-refractivity contribution in [3.05, 3.63) is 0 Å². The van der Waals surface area contributed by atoms with E-state index in [0.29, 0.717) is 10.9 Å². The van der Waals surface area contributed by atoms with E-state index in [4.69, 9.17) is 4.74 Å². The number of carbonyl (C=O) groups excluding carboxylic acids is 1. The largest absolute Gasteiger partial charge is 0.464 e. The molecule has 0 saturated heterocycles. The molecule has 0 radical (unpaired) electrons.